The highest BCUT2D eigenvalue weighted by molar-refractivity contribution is 5.87. The van der Waals surface area contributed by atoms with Crippen molar-refractivity contribution in [2.24, 2.45) is 5.92 Å². The maximum atomic E-state index is 12.2. The van der Waals surface area contributed by atoms with Crippen molar-refractivity contribution in [1.29, 1.82) is 0 Å². The first kappa shape index (κ1) is 14.6. The van der Waals surface area contributed by atoms with Crippen molar-refractivity contribution in [3.8, 4) is 5.75 Å². The van der Waals surface area contributed by atoms with Crippen molar-refractivity contribution in [3.63, 3.8) is 0 Å². The Morgan fingerprint density at radius 2 is 1.90 bits per heavy atom. The zero-order valence-corrected chi connectivity index (χ0v) is 12.3. The lowest BCUT2D eigenvalue weighted by Crippen LogP contribution is -2.44. The van der Waals surface area contributed by atoms with Crippen LogP contribution in [0.3, 0.4) is 0 Å². The molecule has 1 aromatic rings. The van der Waals surface area contributed by atoms with Gasteiger partial charge >= 0.3 is 5.97 Å². The van der Waals surface area contributed by atoms with Crippen LogP contribution in [0.2, 0.25) is 0 Å². The molecule has 0 bridgehead atoms. The lowest BCUT2D eigenvalue weighted by molar-refractivity contribution is -0.147. The summed E-state index contributed by atoms with van der Waals surface area (Å²) in [6, 6.07) is 6.90. The average Bonchev–Trinajstić information content (AvgIpc) is 2.89. The summed E-state index contributed by atoms with van der Waals surface area (Å²) in [4.78, 5) is 26.0. The number of carbonyl (C=O) groups is 2. The second kappa shape index (κ2) is 6.07. The Labute approximate surface area is 119 Å². The Morgan fingerprint density at radius 1 is 1.25 bits per heavy atom. The van der Waals surface area contributed by atoms with Gasteiger partial charge in [0.1, 0.15) is 11.8 Å². The van der Waals surface area contributed by atoms with Crippen molar-refractivity contribution in [3.05, 3.63) is 29.8 Å². The Balaban J connectivity index is 2.04. The van der Waals surface area contributed by atoms with Crippen LogP contribution in [0.1, 0.15) is 32.3 Å². The van der Waals surface area contributed by atoms with Crippen LogP contribution in [-0.4, -0.2) is 29.4 Å². The third-order valence-electron chi connectivity index (χ3n) is 3.54. The fourth-order valence-corrected chi connectivity index (χ4v) is 2.40. The fourth-order valence-electron chi connectivity index (χ4n) is 2.40. The molecule has 0 aromatic heterocycles. The number of esters is 1. The molecule has 1 saturated heterocycles. The topological polar surface area (TPSA) is 46.6 Å². The average molecular weight is 275 g/mol. The van der Waals surface area contributed by atoms with E-state index in [0.717, 1.165) is 12.0 Å². The van der Waals surface area contributed by atoms with Crippen molar-refractivity contribution in [1.82, 2.24) is 4.90 Å². The monoisotopic (exact) mass is 275 g/mol. The summed E-state index contributed by atoms with van der Waals surface area (Å²) in [5.41, 5.74) is 1.11. The number of rotatable bonds is 3. The number of hydrogen-bond donors (Lipinski definition) is 0. The van der Waals surface area contributed by atoms with E-state index < -0.39 is 6.04 Å². The number of ether oxygens (including phenoxy) is 1. The third kappa shape index (κ3) is 3.18. The van der Waals surface area contributed by atoms with E-state index in [4.69, 9.17) is 4.74 Å². The van der Waals surface area contributed by atoms with Gasteiger partial charge < -0.3 is 9.64 Å². The van der Waals surface area contributed by atoms with Gasteiger partial charge in [-0.3, -0.25) is 4.79 Å². The Kier molecular flexibility index (Phi) is 4.42. The molecule has 2 rings (SSSR count). The van der Waals surface area contributed by atoms with Gasteiger partial charge in [-0.1, -0.05) is 31.5 Å². The Bertz CT molecular complexity index is 493. The minimum Gasteiger partial charge on any atom is -0.425 e. The molecule has 108 valence electrons. The predicted octanol–water partition coefficient (Wildman–Crippen LogP) is 2.55. The number of benzene rings is 1. The van der Waals surface area contributed by atoms with E-state index in [1.165, 1.54) is 0 Å². The number of hydrogen-bond acceptors (Lipinski definition) is 3. The quantitative estimate of drug-likeness (QED) is 0.629. The first-order chi connectivity index (χ1) is 9.49. The summed E-state index contributed by atoms with van der Waals surface area (Å²) in [6.07, 6.45) is 1.54. The van der Waals surface area contributed by atoms with Crippen LogP contribution >= 0.6 is 0 Å². The highest BCUT2D eigenvalue weighted by Gasteiger charge is 2.36. The van der Waals surface area contributed by atoms with E-state index in [-0.39, 0.29) is 17.8 Å². The summed E-state index contributed by atoms with van der Waals surface area (Å²) in [5, 5.41) is 0. The first-order valence-electron chi connectivity index (χ1n) is 7.08. The molecule has 1 fully saturated rings. The van der Waals surface area contributed by atoms with E-state index in [1.54, 1.807) is 17.0 Å². The highest BCUT2D eigenvalue weighted by atomic mass is 16.5. The number of likely N-dealkylation sites (tertiary alicyclic amines) is 1. The largest absolute Gasteiger partial charge is 0.425 e. The lowest BCUT2D eigenvalue weighted by atomic mass is 10.1. The van der Waals surface area contributed by atoms with E-state index in [1.807, 2.05) is 32.9 Å². The second-order valence-corrected chi connectivity index (χ2v) is 5.58. The van der Waals surface area contributed by atoms with Crippen LogP contribution in [0.25, 0.3) is 0 Å². The molecule has 0 saturated carbocycles. The molecular formula is C16H21NO3. The smallest absolute Gasteiger partial charge is 0.334 e. The molecule has 4 heteroatoms. The zero-order chi connectivity index (χ0) is 14.7. The van der Waals surface area contributed by atoms with Crippen molar-refractivity contribution in [2.45, 2.75) is 39.7 Å². The number of carbonyl (C=O) groups excluding carboxylic acids is 2. The highest BCUT2D eigenvalue weighted by Crippen LogP contribution is 2.22. The summed E-state index contributed by atoms with van der Waals surface area (Å²) in [5.74, 6) is 0.126. The standard InChI is InChI=1S/C16H21NO3/c1-11(2)15(18)17-10-4-5-14(17)16(19)20-13-8-6-12(3)7-9-13/h6-9,11,14H,4-5,10H2,1-3H3. The van der Waals surface area contributed by atoms with Gasteiger partial charge in [0.05, 0.1) is 0 Å². The maximum absolute atomic E-state index is 12.2. The molecule has 1 heterocycles. The normalized spacial score (nSPS) is 18.4. The van der Waals surface area contributed by atoms with Crippen molar-refractivity contribution >= 4 is 11.9 Å². The van der Waals surface area contributed by atoms with Crippen LogP contribution in [-0.2, 0) is 9.59 Å². The van der Waals surface area contributed by atoms with Crippen LogP contribution in [0, 0.1) is 12.8 Å². The molecule has 0 N–H and O–H groups in total. The molecule has 1 aromatic carbocycles. The number of amides is 1. The Hall–Kier alpha value is -1.84. The van der Waals surface area contributed by atoms with Crippen molar-refractivity contribution in [2.75, 3.05) is 6.54 Å². The fraction of sp³-hybridized carbons (Fsp3) is 0.500. The molecule has 0 radical (unpaired) electrons. The number of nitrogens with zero attached hydrogens (tertiary/aromatic N) is 1. The summed E-state index contributed by atoms with van der Waals surface area (Å²) in [7, 11) is 0. The van der Waals surface area contributed by atoms with E-state index in [0.29, 0.717) is 18.7 Å². The van der Waals surface area contributed by atoms with Crippen LogP contribution in [0.5, 0.6) is 5.75 Å². The maximum Gasteiger partial charge on any atom is 0.334 e. The predicted molar refractivity (Wildman–Crippen MR) is 76.4 cm³/mol. The van der Waals surface area contributed by atoms with Gasteiger partial charge in [-0.2, -0.15) is 0 Å². The third-order valence-corrected chi connectivity index (χ3v) is 3.54. The molecule has 20 heavy (non-hydrogen) atoms. The van der Waals surface area contributed by atoms with Crippen LogP contribution in [0.4, 0.5) is 0 Å². The van der Waals surface area contributed by atoms with Crippen molar-refractivity contribution < 1.29 is 14.3 Å². The van der Waals surface area contributed by atoms with E-state index in [2.05, 4.69) is 0 Å². The summed E-state index contributed by atoms with van der Waals surface area (Å²) < 4.78 is 5.38. The molecule has 1 aliphatic heterocycles. The molecule has 0 spiro atoms. The van der Waals surface area contributed by atoms with E-state index >= 15 is 0 Å². The van der Waals surface area contributed by atoms with Gasteiger partial charge in [-0.15, -0.1) is 0 Å². The molecule has 0 aliphatic carbocycles. The summed E-state index contributed by atoms with van der Waals surface area (Å²) in [6.45, 7) is 6.32. The SMILES string of the molecule is Cc1ccc(OC(=O)C2CCCN2C(=O)C(C)C)cc1. The van der Waals surface area contributed by atoms with Gasteiger partial charge in [0, 0.05) is 12.5 Å². The second-order valence-electron chi connectivity index (χ2n) is 5.58. The van der Waals surface area contributed by atoms with E-state index in [9.17, 15) is 9.59 Å². The minimum atomic E-state index is -0.439. The summed E-state index contributed by atoms with van der Waals surface area (Å²) >= 11 is 0. The van der Waals surface area contributed by atoms with Gasteiger partial charge in [-0.05, 0) is 31.9 Å². The molecule has 1 atom stereocenters. The van der Waals surface area contributed by atoms with Gasteiger partial charge in [0.25, 0.3) is 0 Å². The molecule has 1 aliphatic rings. The Morgan fingerprint density at radius 3 is 2.50 bits per heavy atom. The van der Waals surface area contributed by atoms with Crippen LogP contribution < -0.4 is 4.74 Å². The molecule has 1 amide bonds. The zero-order valence-electron chi connectivity index (χ0n) is 12.3. The van der Waals surface area contributed by atoms with Gasteiger partial charge in [0.2, 0.25) is 5.91 Å². The first-order valence-corrected chi connectivity index (χ1v) is 7.08. The van der Waals surface area contributed by atoms with Gasteiger partial charge in [0.15, 0.2) is 0 Å². The number of aryl methyl sites for hydroxylation is 1. The molecular weight excluding hydrogens is 254 g/mol. The van der Waals surface area contributed by atoms with Gasteiger partial charge in [-0.25, -0.2) is 4.79 Å². The van der Waals surface area contributed by atoms with Crippen LogP contribution in [0.15, 0.2) is 24.3 Å². The minimum absolute atomic E-state index is 0.0216. The molecule has 1 unspecified atom stereocenters. The molecule has 4 nitrogen and oxygen atoms in total. The lowest BCUT2D eigenvalue weighted by Gasteiger charge is -2.24.